The average molecular weight is 526 g/mol. The van der Waals surface area contributed by atoms with Crippen molar-refractivity contribution in [2.24, 2.45) is 0 Å². The number of fused-ring (bicyclic) bond motifs is 3. The van der Waals surface area contributed by atoms with Gasteiger partial charge in [-0.25, -0.2) is 9.59 Å². The number of amides is 3. The highest BCUT2D eigenvalue weighted by atomic mass is 16.6. The van der Waals surface area contributed by atoms with Gasteiger partial charge in [0.25, 0.3) is 0 Å². The van der Waals surface area contributed by atoms with E-state index in [0.29, 0.717) is 0 Å². The maximum absolute atomic E-state index is 12.7. The maximum Gasteiger partial charge on any atom is 0.408 e. The van der Waals surface area contributed by atoms with Crippen molar-refractivity contribution in [3.05, 3.63) is 59.7 Å². The first-order valence-corrected chi connectivity index (χ1v) is 12.8. The Morgan fingerprint density at radius 1 is 0.789 bits per heavy atom. The van der Waals surface area contributed by atoms with E-state index in [4.69, 9.17) is 14.2 Å². The largest absolute Gasteiger partial charge is 0.449 e. The number of carbonyl (C=O) groups is 3. The Kier molecular flexibility index (Phi) is 9.38. The monoisotopic (exact) mass is 525 g/mol. The molecule has 0 saturated carbocycles. The van der Waals surface area contributed by atoms with Crippen LogP contribution in [0.3, 0.4) is 0 Å². The van der Waals surface area contributed by atoms with E-state index in [-0.39, 0.29) is 32.2 Å². The standard InChI is InChI=1S/C29H39N3O6/c1-28(2,3)37-18-24(32-27(35)38-29(4,5)6)25(33)30-15-16-31-26(34)36-17-23-21-13-9-7-11-19(21)20-12-8-10-14-22(20)23/h7-14,23-24H,15-18H2,1-6H3,(H,30,33)(H,31,34)(H,32,35)/t24-/m0/s1. The SMILES string of the molecule is CC(C)(C)OC[C@H](NC(=O)OC(C)(C)C)C(=O)NCCNC(=O)OCC1c2ccccc2-c2ccccc21. The molecule has 0 unspecified atom stereocenters. The van der Waals surface area contributed by atoms with Crippen LogP contribution in [0.4, 0.5) is 9.59 Å². The fourth-order valence-corrected chi connectivity index (χ4v) is 4.09. The summed E-state index contributed by atoms with van der Waals surface area (Å²) in [7, 11) is 0. The summed E-state index contributed by atoms with van der Waals surface area (Å²) in [4.78, 5) is 37.3. The number of rotatable bonds is 9. The van der Waals surface area contributed by atoms with Gasteiger partial charge in [0.15, 0.2) is 0 Å². The van der Waals surface area contributed by atoms with Crippen molar-refractivity contribution in [2.75, 3.05) is 26.3 Å². The van der Waals surface area contributed by atoms with E-state index in [0.717, 1.165) is 22.3 Å². The van der Waals surface area contributed by atoms with Gasteiger partial charge in [-0.15, -0.1) is 0 Å². The highest BCUT2D eigenvalue weighted by Gasteiger charge is 2.29. The summed E-state index contributed by atoms with van der Waals surface area (Å²) in [5, 5.41) is 7.92. The first-order valence-electron chi connectivity index (χ1n) is 12.8. The van der Waals surface area contributed by atoms with Crippen LogP contribution in [0.1, 0.15) is 58.6 Å². The molecule has 0 bridgehead atoms. The van der Waals surface area contributed by atoms with E-state index < -0.39 is 35.3 Å². The maximum atomic E-state index is 12.7. The molecule has 9 nitrogen and oxygen atoms in total. The van der Waals surface area contributed by atoms with Gasteiger partial charge in [-0.1, -0.05) is 48.5 Å². The molecule has 0 aliphatic heterocycles. The molecule has 9 heteroatoms. The third-order valence-corrected chi connectivity index (χ3v) is 5.73. The smallest absolute Gasteiger partial charge is 0.408 e. The Balaban J connectivity index is 1.46. The fraction of sp³-hybridized carbons (Fsp3) is 0.483. The fourth-order valence-electron chi connectivity index (χ4n) is 4.09. The van der Waals surface area contributed by atoms with Crippen molar-refractivity contribution in [3.8, 4) is 11.1 Å². The third kappa shape index (κ3) is 8.48. The minimum absolute atomic E-state index is 0.0321. The zero-order valence-corrected chi connectivity index (χ0v) is 23.1. The van der Waals surface area contributed by atoms with Gasteiger partial charge in [-0.2, -0.15) is 0 Å². The molecule has 1 atom stereocenters. The van der Waals surface area contributed by atoms with E-state index in [2.05, 4.69) is 40.2 Å². The molecule has 0 aromatic heterocycles. The molecular weight excluding hydrogens is 486 g/mol. The molecule has 1 aliphatic carbocycles. The van der Waals surface area contributed by atoms with Crippen molar-refractivity contribution in [1.82, 2.24) is 16.0 Å². The molecule has 38 heavy (non-hydrogen) atoms. The van der Waals surface area contributed by atoms with Gasteiger partial charge >= 0.3 is 12.2 Å². The van der Waals surface area contributed by atoms with Gasteiger partial charge in [-0.05, 0) is 63.8 Å². The molecule has 3 amide bonds. The lowest BCUT2D eigenvalue weighted by atomic mass is 9.98. The zero-order valence-electron chi connectivity index (χ0n) is 23.1. The topological polar surface area (TPSA) is 115 Å². The lowest BCUT2D eigenvalue weighted by molar-refractivity contribution is -0.126. The van der Waals surface area contributed by atoms with Crippen LogP contribution in [0, 0.1) is 0 Å². The number of benzene rings is 2. The Hall–Kier alpha value is -3.59. The molecule has 0 fully saturated rings. The molecule has 206 valence electrons. The number of alkyl carbamates (subject to hydrolysis) is 2. The van der Waals surface area contributed by atoms with Gasteiger partial charge in [0.2, 0.25) is 5.91 Å². The number of carbonyl (C=O) groups excluding carboxylic acids is 3. The van der Waals surface area contributed by atoms with Gasteiger partial charge in [0.05, 0.1) is 12.2 Å². The van der Waals surface area contributed by atoms with E-state index in [1.165, 1.54) is 0 Å². The average Bonchev–Trinajstić information content (AvgIpc) is 3.15. The van der Waals surface area contributed by atoms with Crippen molar-refractivity contribution < 1.29 is 28.6 Å². The first-order chi connectivity index (χ1) is 17.8. The third-order valence-electron chi connectivity index (χ3n) is 5.73. The van der Waals surface area contributed by atoms with Crippen LogP contribution < -0.4 is 16.0 Å². The Morgan fingerprint density at radius 2 is 1.34 bits per heavy atom. The van der Waals surface area contributed by atoms with Gasteiger partial charge in [-0.3, -0.25) is 4.79 Å². The highest BCUT2D eigenvalue weighted by molar-refractivity contribution is 5.86. The van der Waals surface area contributed by atoms with Gasteiger partial charge in [0.1, 0.15) is 18.2 Å². The predicted octanol–water partition coefficient (Wildman–Crippen LogP) is 4.35. The normalized spacial score (nSPS) is 13.6. The Labute approximate surface area is 224 Å². The summed E-state index contributed by atoms with van der Waals surface area (Å²) in [6.07, 6.45) is -1.28. The van der Waals surface area contributed by atoms with Crippen molar-refractivity contribution in [3.63, 3.8) is 0 Å². The van der Waals surface area contributed by atoms with Crippen LogP contribution in [0.15, 0.2) is 48.5 Å². The number of hydrogen-bond donors (Lipinski definition) is 3. The Bertz CT molecular complexity index is 1090. The summed E-state index contributed by atoms with van der Waals surface area (Å²) in [5.41, 5.74) is 3.38. The second kappa shape index (κ2) is 12.3. The van der Waals surface area contributed by atoms with Crippen LogP contribution in [-0.4, -0.2) is 61.6 Å². The molecule has 2 aromatic rings. The van der Waals surface area contributed by atoms with Crippen LogP contribution in [-0.2, 0) is 19.0 Å². The number of hydrogen-bond acceptors (Lipinski definition) is 6. The van der Waals surface area contributed by atoms with E-state index in [1.54, 1.807) is 20.8 Å². The predicted molar refractivity (Wildman–Crippen MR) is 145 cm³/mol. The van der Waals surface area contributed by atoms with E-state index >= 15 is 0 Å². The number of ether oxygens (including phenoxy) is 3. The van der Waals surface area contributed by atoms with Crippen molar-refractivity contribution in [2.45, 2.75) is 64.7 Å². The molecule has 0 saturated heterocycles. The second-order valence-corrected chi connectivity index (χ2v) is 11.2. The lowest BCUT2D eigenvalue weighted by Gasteiger charge is -2.26. The van der Waals surface area contributed by atoms with Gasteiger partial charge < -0.3 is 30.2 Å². The summed E-state index contributed by atoms with van der Waals surface area (Å²) < 4.78 is 16.5. The van der Waals surface area contributed by atoms with E-state index in [9.17, 15) is 14.4 Å². The molecule has 0 heterocycles. The summed E-state index contributed by atoms with van der Waals surface area (Å²) >= 11 is 0. The van der Waals surface area contributed by atoms with E-state index in [1.807, 2.05) is 45.0 Å². The Morgan fingerprint density at radius 3 is 1.89 bits per heavy atom. The quantitative estimate of drug-likeness (QED) is 0.420. The van der Waals surface area contributed by atoms with Crippen molar-refractivity contribution in [1.29, 1.82) is 0 Å². The first kappa shape index (κ1) is 29.0. The second-order valence-electron chi connectivity index (χ2n) is 11.2. The highest BCUT2D eigenvalue weighted by Crippen LogP contribution is 2.44. The van der Waals surface area contributed by atoms with Crippen LogP contribution in [0.25, 0.3) is 11.1 Å². The van der Waals surface area contributed by atoms with Crippen LogP contribution >= 0.6 is 0 Å². The minimum Gasteiger partial charge on any atom is -0.449 e. The molecular formula is C29H39N3O6. The zero-order chi connectivity index (χ0) is 27.9. The molecule has 2 aromatic carbocycles. The van der Waals surface area contributed by atoms with Gasteiger partial charge in [0, 0.05) is 19.0 Å². The van der Waals surface area contributed by atoms with Crippen LogP contribution in [0.5, 0.6) is 0 Å². The number of nitrogens with one attached hydrogen (secondary N) is 3. The molecule has 0 radical (unpaired) electrons. The minimum atomic E-state index is -0.960. The molecule has 3 rings (SSSR count). The molecule has 0 spiro atoms. The van der Waals surface area contributed by atoms with Crippen molar-refractivity contribution >= 4 is 18.1 Å². The summed E-state index contributed by atoms with van der Waals surface area (Å²) in [6, 6.07) is 15.3. The summed E-state index contributed by atoms with van der Waals surface area (Å²) in [5.74, 6) is -0.482. The summed E-state index contributed by atoms with van der Waals surface area (Å²) in [6.45, 7) is 11.3. The lowest BCUT2D eigenvalue weighted by Crippen LogP contribution is -2.52. The molecule has 1 aliphatic rings. The molecule has 3 N–H and O–H groups in total. The van der Waals surface area contributed by atoms with Crippen LogP contribution in [0.2, 0.25) is 0 Å².